The fourth-order valence-electron chi connectivity index (χ4n) is 4.53. The molecule has 0 bridgehead atoms. The predicted octanol–water partition coefficient (Wildman–Crippen LogP) is 4.36. The molecule has 0 radical (unpaired) electrons. The average molecular weight is 276 g/mol. The summed E-state index contributed by atoms with van der Waals surface area (Å²) in [6, 6.07) is 21.3. The molecule has 21 heavy (non-hydrogen) atoms. The Balaban J connectivity index is 1.88. The molecule has 2 aliphatic carbocycles. The van der Waals surface area contributed by atoms with Gasteiger partial charge in [0.05, 0.1) is 0 Å². The van der Waals surface area contributed by atoms with E-state index >= 15 is 0 Å². The minimum atomic E-state index is -0.0555. The van der Waals surface area contributed by atoms with Crippen molar-refractivity contribution in [2.75, 3.05) is 0 Å². The smallest absolute Gasteiger partial charge is 0.137 e. The summed E-state index contributed by atoms with van der Waals surface area (Å²) in [6.45, 7) is 0. The molecule has 0 amide bonds. The lowest BCUT2D eigenvalue weighted by Crippen LogP contribution is -2.18. The summed E-state index contributed by atoms with van der Waals surface area (Å²) >= 11 is 0. The molecule has 0 saturated heterocycles. The van der Waals surface area contributed by atoms with Crippen LogP contribution in [0.2, 0.25) is 0 Å². The van der Waals surface area contributed by atoms with Crippen molar-refractivity contribution in [1.82, 2.24) is 0 Å². The Morgan fingerprint density at radius 3 is 1.95 bits per heavy atom. The number of hydrogen-bond acceptors (Lipinski definition) is 1. The lowest BCUT2D eigenvalue weighted by Gasteiger charge is -2.21. The van der Waals surface area contributed by atoms with Gasteiger partial charge in [-0.05, 0) is 29.9 Å². The van der Waals surface area contributed by atoms with Crippen LogP contribution in [0.4, 0.5) is 0 Å². The van der Waals surface area contributed by atoms with Crippen molar-refractivity contribution in [3.8, 4) is 0 Å². The van der Waals surface area contributed by atoms with E-state index in [0.717, 1.165) is 12.8 Å². The highest BCUT2D eigenvalue weighted by Crippen LogP contribution is 2.67. The van der Waals surface area contributed by atoms with E-state index in [4.69, 9.17) is 0 Å². The zero-order valence-corrected chi connectivity index (χ0v) is 12.2. The van der Waals surface area contributed by atoms with E-state index in [0.29, 0.717) is 11.7 Å². The van der Waals surface area contributed by atoms with Gasteiger partial charge in [-0.3, -0.25) is 4.79 Å². The predicted molar refractivity (Wildman–Crippen MR) is 84.1 cm³/mol. The van der Waals surface area contributed by atoms with Gasteiger partial charge in [0.2, 0.25) is 0 Å². The van der Waals surface area contributed by atoms with Crippen molar-refractivity contribution in [1.29, 1.82) is 0 Å². The third-order valence-electron chi connectivity index (χ3n) is 5.41. The molecule has 0 N–H and O–H groups in total. The summed E-state index contributed by atoms with van der Waals surface area (Å²) in [6.07, 6.45) is 4.21. The molecular weight excluding hydrogens is 256 g/mol. The molecule has 1 heteroatoms. The third kappa shape index (κ3) is 1.80. The van der Waals surface area contributed by atoms with Gasteiger partial charge in [-0.2, -0.15) is 0 Å². The van der Waals surface area contributed by atoms with E-state index in [1.165, 1.54) is 24.0 Å². The van der Waals surface area contributed by atoms with Gasteiger partial charge in [-0.1, -0.05) is 67.1 Å². The Bertz CT molecular complexity index is 605. The van der Waals surface area contributed by atoms with Gasteiger partial charge < -0.3 is 0 Å². The van der Waals surface area contributed by atoms with Gasteiger partial charge in [-0.15, -0.1) is 0 Å². The maximum Gasteiger partial charge on any atom is 0.137 e. The van der Waals surface area contributed by atoms with Crippen LogP contribution < -0.4 is 0 Å². The van der Waals surface area contributed by atoms with E-state index in [-0.39, 0.29) is 11.3 Å². The van der Waals surface area contributed by atoms with Gasteiger partial charge in [0.25, 0.3) is 0 Å². The van der Waals surface area contributed by atoms with E-state index in [9.17, 15) is 4.79 Å². The van der Waals surface area contributed by atoms with Gasteiger partial charge in [0.15, 0.2) is 0 Å². The molecule has 2 aromatic carbocycles. The molecule has 0 aromatic heterocycles. The van der Waals surface area contributed by atoms with Crippen LogP contribution in [-0.2, 0) is 10.2 Å². The number of hydrogen-bond donors (Lipinski definition) is 0. The summed E-state index contributed by atoms with van der Waals surface area (Å²) in [5.41, 5.74) is 2.59. The molecule has 2 atom stereocenters. The van der Waals surface area contributed by atoms with Crippen LogP contribution in [0.1, 0.15) is 36.8 Å². The summed E-state index contributed by atoms with van der Waals surface area (Å²) in [4.78, 5) is 12.6. The quantitative estimate of drug-likeness (QED) is 0.796. The van der Waals surface area contributed by atoms with E-state index in [1.54, 1.807) is 0 Å². The summed E-state index contributed by atoms with van der Waals surface area (Å²) in [7, 11) is 0. The van der Waals surface area contributed by atoms with Crippen LogP contribution in [0.3, 0.4) is 0 Å². The molecule has 2 saturated carbocycles. The first-order valence-electron chi connectivity index (χ1n) is 7.99. The average Bonchev–Trinajstić information content (AvgIpc) is 3.25. The molecule has 4 rings (SSSR count). The van der Waals surface area contributed by atoms with Crippen molar-refractivity contribution < 1.29 is 4.79 Å². The third-order valence-corrected chi connectivity index (χ3v) is 5.41. The van der Waals surface area contributed by atoms with Crippen molar-refractivity contribution in [2.45, 2.75) is 31.1 Å². The Hall–Kier alpha value is -1.89. The van der Waals surface area contributed by atoms with Crippen molar-refractivity contribution in [3.05, 3.63) is 71.8 Å². The van der Waals surface area contributed by atoms with Crippen LogP contribution in [0.5, 0.6) is 0 Å². The second-order valence-corrected chi connectivity index (χ2v) is 6.40. The largest absolute Gasteiger partial charge is 0.299 e. The SMILES string of the molecule is O=C1CCCCC2C1C2(c1ccccc1)c1ccccc1. The fourth-order valence-corrected chi connectivity index (χ4v) is 4.53. The Kier molecular flexibility index (Phi) is 2.95. The zero-order valence-electron chi connectivity index (χ0n) is 12.2. The highest BCUT2D eigenvalue weighted by atomic mass is 16.1. The minimum absolute atomic E-state index is 0.0555. The number of Topliss-reactive ketones (excluding diaryl/α,β-unsaturated/α-hetero) is 1. The number of carbonyl (C=O) groups excluding carboxylic acids is 1. The minimum Gasteiger partial charge on any atom is -0.299 e. The van der Waals surface area contributed by atoms with Gasteiger partial charge >= 0.3 is 0 Å². The van der Waals surface area contributed by atoms with E-state index in [2.05, 4.69) is 60.7 Å². The lowest BCUT2D eigenvalue weighted by molar-refractivity contribution is -0.120. The van der Waals surface area contributed by atoms with Crippen molar-refractivity contribution in [2.24, 2.45) is 11.8 Å². The van der Waals surface area contributed by atoms with Gasteiger partial charge in [0.1, 0.15) is 5.78 Å². The second kappa shape index (κ2) is 4.84. The highest BCUT2D eigenvalue weighted by molar-refractivity contribution is 5.89. The highest BCUT2D eigenvalue weighted by Gasteiger charge is 2.68. The first-order chi connectivity index (χ1) is 10.3. The standard InChI is InChI=1S/C20H20O/c21-18-14-8-7-13-17-19(18)20(17,15-9-3-1-4-10-15)16-11-5-2-6-12-16/h1-6,9-12,17,19H,7-8,13-14H2. The number of ketones is 1. The summed E-state index contributed by atoms with van der Waals surface area (Å²) in [5, 5.41) is 0. The van der Waals surface area contributed by atoms with Gasteiger partial charge in [0, 0.05) is 17.8 Å². The molecule has 2 aromatic rings. The van der Waals surface area contributed by atoms with Crippen LogP contribution in [-0.4, -0.2) is 5.78 Å². The maximum atomic E-state index is 12.6. The number of benzene rings is 2. The number of fused-ring (bicyclic) bond motifs is 1. The molecule has 0 aliphatic heterocycles. The normalized spacial score (nSPS) is 26.8. The molecular formula is C20H20O. The van der Waals surface area contributed by atoms with Crippen molar-refractivity contribution in [3.63, 3.8) is 0 Å². The topological polar surface area (TPSA) is 17.1 Å². The van der Waals surface area contributed by atoms with E-state index in [1.807, 2.05) is 0 Å². The van der Waals surface area contributed by atoms with Crippen LogP contribution in [0, 0.1) is 11.8 Å². The van der Waals surface area contributed by atoms with E-state index < -0.39 is 0 Å². The van der Waals surface area contributed by atoms with Crippen LogP contribution in [0.25, 0.3) is 0 Å². The molecule has 0 heterocycles. The molecule has 0 spiro atoms. The summed E-state index contributed by atoms with van der Waals surface area (Å²) in [5.74, 6) is 1.17. The number of rotatable bonds is 2. The first kappa shape index (κ1) is 12.8. The Labute approximate surface area is 126 Å². The molecule has 1 nitrogen and oxygen atoms in total. The number of carbonyl (C=O) groups is 1. The fraction of sp³-hybridized carbons (Fsp3) is 0.350. The Morgan fingerprint density at radius 2 is 1.38 bits per heavy atom. The molecule has 2 fully saturated rings. The lowest BCUT2D eigenvalue weighted by atomic mass is 9.82. The molecule has 106 valence electrons. The first-order valence-corrected chi connectivity index (χ1v) is 7.99. The van der Waals surface area contributed by atoms with Crippen LogP contribution in [0.15, 0.2) is 60.7 Å². The van der Waals surface area contributed by atoms with Crippen molar-refractivity contribution >= 4 is 5.78 Å². The van der Waals surface area contributed by atoms with Crippen LogP contribution >= 0.6 is 0 Å². The second-order valence-electron chi connectivity index (χ2n) is 6.40. The summed E-state index contributed by atoms with van der Waals surface area (Å²) < 4.78 is 0. The Morgan fingerprint density at radius 1 is 0.810 bits per heavy atom. The monoisotopic (exact) mass is 276 g/mol. The van der Waals surface area contributed by atoms with Gasteiger partial charge in [-0.25, -0.2) is 0 Å². The zero-order chi connectivity index (χ0) is 14.3. The maximum absolute atomic E-state index is 12.6. The molecule has 2 aliphatic rings. The molecule has 2 unspecified atom stereocenters.